The predicted octanol–water partition coefficient (Wildman–Crippen LogP) is 4.29. The third kappa shape index (κ3) is 5.57. The van der Waals surface area contributed by atoms with E-state index in [0.717, 1.165) is 36.5 Å². The summed E-state index contributed by atoms with van der Waals surface area (Å²) >= 11 is 0. The first-order chi connectivity index (χ1) is 15.1. The van der Waals surface area contributed by atoms with Crippen molar-refractivity contribution in [1.82, 2.24) is 14.8 Å². The van der Waals surface area contributed by atoms with E-state index in [-0.39, 0.29) is 18.2 Å². The number of hydrogen-bond acceptors (Lipinski definition) is 4. The van der Waals surface area contributed by atoms with Crippen LogP contribution < -0.4 is 5.32 Å². The summed E-state index contributed by atoms with van der Waals surface area (Å²) in [6.45, 7) is 1.33. The van der Waals surface area contributed by atoms with Crippen LogP contribution in [-0.4, -0.2) is 32.4 Å². The van der Waals surface area contributed by atoms with Gasteiger partial charge < -0.3 is 10.4 Å². The number of nitrogens with one attached hydrogen (secondary N) is 1. The topological polar surface area (TPSA) is 80.0 Å². The van der Waals surface area contributed by atoms with Crippen molar-refractivity contribution in [1.29, 1.82) is 0 Å². The van der Waals surface area contributed by atoms with E-state index in [2.05, 4.69) is 27.5 Å². The molecule has 0 saturated carbocycles. The number of fused-ring (bicyclic) bond motifs is 1. The lowest BCUT2D eigenvalue weighted by molar-refractivity contribution is -0.137. The Labute approximate surface area is 180 Å². The first-order valence-corrected chi connectivity index (χ1v) is 10.5. The van der Waals surface area contributed by atoms with Crippen molar-refractivity contribution < 1.29 is 14.3 Å². The standard InChI is InChI=1S/C24H25FN4O2/c25-21-7-2-5-19(12-21)20(13-23(30)31)16-29-15-17(14-27-29)4-1-8-22-10-9-18-6-3-11-26-24(18)28-22/h1-2,4-5,7,9-10,12,14-15,20H,3,6,8,11,13,16H2,(H,26,28)(H,30,31)/b4-1-. The molecule has 4 rings (SSSR count). The number of benzene rings is 1. The quantitative estimate of drug-likeness (QED) is 0.568. The second kappa shape index (κ2) is 9.55. The van der Waals surface area contributed by atoms with E-state index in [1.54, 1.807) is 23.0 Å². The number of nitrogens with zero attached hydrogens (tertiary/aromatic N) is 3. The van der Waals surface area contributed by atoms with Crippen molar-refractivity contribution in [3.8, 4) is 0 Å². The molecule has 0 amide bonds. The zero-order valence-corrected chi connectivity index (χ0v) is 17.2. The molecule has 3 heterocycles. The SMILES string of the molecule is O=C(O)CC(Cn1cc(/C=C\Cc2ccc3c(n2)NCCC3)cn1)c1cccc(F)c1. The highest BCUT2D eigenvalue weighted by Gasteiger charge is 2.17. The summed E-state index contributed by atoms with van der Waals surface area (Å²) in [7, 11) is 0. The minimum absolute atomic E-state index is 0.0908. The maximum Gasteiger partial charge on any atom is 0.304 e. The van der Waals surface area contributed by atoms with Gasteiger partial charge in [-0.2, -0.15) is 5.10 Å². The largest absolute Gasteiger partial charge is 0.481 e. The van der Waals surface area contributed by atoms with E-state index in [9.17, 15) is 14.3 Å². The number of carboxylic acids is 1. The molecule has 1 aliphatic heterocycles. The Morgan fingerprint density at radius 3 is 3.06 bits per heavy atom. The smallest absolute Gasteiger partial charge is 0.304 e. The van der Waals surface area contributed by atoms with Crippen LogP contribution in [0.4, 0.5) is 10.2 Å². The van der Waals surface area contributed by atoms with Gasteiger partial charge in [0, 0.05) is 42.9 Å². The number of carbonyl (C=O) groups is 1. The van der Waals surface area contributed by atoms with E-state index in [1.807, 2.05) is 18.3 Å². The molecule has 0 bridgehead atoms. The van der Waals surface area contributed by atoms with Crippen molar-refractivity contribution in [2.45, 2.75) is 38.1 Å². The van der Waals surface area contributed by atoms with Crippen LogP contribution >= 0.6 is 0 Å². The van der Waals surface area contributed by atoms with E-state index >= 15 is 0 Å². The van der Waals surface area contributed by atoms with Crippen LogP contribution in [0.1, 0.15) is 41.1 Å². The molecule has 2 N–H and O–H groups in total. The molecule has 1 unspecified atom stereocenters. The fourth-order valence-corrected chi connectivity index (χ4v) is 3.85. The normalized spacial score (nSPS) is 14.2. The van der Waals surface area contributed by atoms with Crippen LogP contribution in [0.2, 0.25) is 0 Å². The van der Waals surface area contributed by atoms with Crippen molar-refractivity contribution >= 4 is 17.9 Å². The second-order valence-corrected chi connectivity index (χ2v) is 7.79. The third-order valence-corrected chi connectivity index (χ3v) is 5.39. The second-order valence-electron chi connectivity index (χ2n) is 7.79. The Kier molecular flexibility index (Phi) is 6.40. The Bertz CT molecular complexity index is 1090. The number of rotatable bonds is 8. The Balaban J connectivity index is 1.40. The lowest BCUT2D eigenvalue weighted by atomic mass is 9.95. The maximum atomic E-state index is 13.6. The first kappa shape index (κ1) is 20.8. The van der Waals surface area contributed by atoms with Crippen LogP contribution in [0.5, 0.6) is 0 Å². The van der Waals surface area contributed by atoms with Crippen molar-refractivity contribution in [3.63, 3.8) is 0 Å². The van der Waals surface area contributed by atoms with Crippen LogP contribution in [0.15, 0.2) is 54.9 Å². The van der Waals surface area contributed by atoms with Gasteiger partial charge in [-0.25, -0.2) is 9.37 Å². The summed E-state index contributed by atoms with van der Waals surface area (Å²) in [6, 6.07) is 10.3. The van der Waals surface area contributed by atoms with E-state index in [0.29, 0.717) is 18.5 Å². The Morgan fingerprint density at radius 2 is 2.23 bits per heavy atom. The molecule has 0 fully saturated rings. The molecule has 6 nitrogen and oxygen atoms in total. The number of anilines is 1. The maximum absolute atomic E-state index is 13.6. The molecule has 1 aliphatic rings. The Morgan fingerprint density at radius 1 is 1.32 bits per heavy atom. The van der Waals surface area contributed by atoms with Gasteiger partial charge in [-0.15, -0.1) is 0 Å². The molecule has 0 saturated heterocycles. The molecule has 7 heteroatoms. The molecule has 1 aromatic carbocycles. The van der Waals surface area contributed by atoms with Gasteiger partial charge in [-0.1, -0.05) is 30.4 Å². The lowest BCUT2D eigenvalue weighted by Crippen LogP contribution is -2.14. The van der Waals surface area contributed by atoms with Crippen LogP contribution in [0.25, 0.3) is 6.08 Å². The highest BCUT2D eigenvalue weighted by Crippen LogP contribution is 2.23. The van der Waals surface area contributed by atoms with Gasteiger partial charge in [0.2, 0.25) is 0 Å². The van der Waals surface area contributed by atoms with Crippen LogP contribution in [0.3, 0.4) is 0 Å². The summed E-state index contributed by atoms with van der Waals surface area (Å²) in [6.07, 6.45) is 10.5. The number of halogens is 1. The van der Waals surface area contributed by atoms with Gasteiger partial charge in [-0.3, -0.25) is 9.48 Å². The van der Waals surface area contributed by atoms with Crippen LogP contribution in [0, 0.1) is 5.82 Å². The summed E-state index contributed by atoms with van der Waals surface area (Å²) in [5.41, 5.74) is 3.85. The Hall–Kier alpha value is -3.48. The van der Waals surface area contributed by atoms with Crippen LogP contribution in [-0.2, 0) is 24.2 Å². The zero-order valence-electron chi connectivity index (χ0n) is 17.2. The summed E-state index contributed by atoms with van der Waals surface area (Å²) in [4.78, 5) is 16.0. The molecule has 3 aromatic rings. The average Bonchev–Trinajstić information content (AvgIpc) is 3.20. The molecular formula is C24H25FN4O2. The minimum atomic E-state index is -0.923. The number of aryl methyl sites for hydroxylation is 1. The van der Waals surface area contributed by atoms with Crippen molar-refractivity contribution in [2.75, 3.05) is 11.9 Å². The van der Waals surface area contributed by atoms with Gasteiger partial charge in [-0.05, 0) is 42.2 Å². The molecule has 31 heavy (non-hydrogen) atoms. The fraction of sp³-hybridized carbons (Fsp3) is 0.292. The van der Waals surface area contributed by atoms with Gasteiger partial charge in [0.25, 0.3) is 0 Å². The molecule has 0 radical (unpaired) electrons. The van der Waals surface area contributed by atoms with Gasteiger partial charge >= 0.3 is 5.97 Å². The number of allylic oxidation sites excluding steroid dienone is 1. The monoisotopic (exact) mass is 420 g/mol. The molecule has 0 aliphatic carbocycles. The fourth-order valence-electron chi connectivity index (χ4n) is 3.85. The number of carboxylic acid groups (broad SMARTS) is 1. The zero-order chi connectivity index (χ0) is 21.6. The average molecular weight is 420 g/mol. The molecular weight excluding hydrogens is 395 g/mol. The van der Waals surface area contributed by atoms with Gasteiger partial charge in [0.15, 0.2) is 0 Å². The van der Waals surface area contributed by atoms with Crippen molar-refractivity contribution in [2.24, 2.45) is 0 Å². The summed E-state index contributed by atoms with van der Waals surface area (Å²) in [5.74, 6) is -0.666. The van der Waals surface area contributed by atoms with Gasteiger partial charge in [0.05, 0.1) is 12.6 Å². The van der Waals surface area contributed by atoms with Gasteiger partial charge in [0.1, 0.15) is 11.6 Å². The highest BCUT2D eigenvalue weighted by molar-refractivity contribution is 5.68. The van der Waals surface area contributed by atoms with E-state index < -0.39 is 5.97 Å². The molecule has 2 aromatic heterocycles. The number of pyridine rings is 1. The summed E-state index contributed by atoms with van der Waals surface area (Å²) in [5, 5.41) is 16.9. The minimum Gasteiger partial charge on any atom is -0.481 e. The first-order valence-electron chi connectivity index (χ1n) is 10.5. The number of aromatic nitrogens is 3. The number of hydrogen-bond donors (Lipinski definition) is 2. The molecule has 160 valence electrons. The molecule has 1 atom stereocenters. The highest BCUT2D eigenvalue weighted by atomic mass is 19.1. The number of aliphatic carboxylic acids is 1. The lowest BCUT2D eigenvalue weighted by Gasteiger charge is -2.17. The van der Waals surface area contributed by atoms with E-state index in [1.165, 1.54) is 17.7 Å². The third-order valence-electron chi connectivity index (χ3n) is 5.39. The molecule has 0 spiro atoms. The van der Waals surface area contributed by atoms with Crippen molar-refractivity contribution in [3.05, 3.63) is 83.1 Å². The van der Waals surface area contributed by atoms with E-state index in [4.69, 9.17) is 0 Å². The summed E-state index contributed by atoms with van der Waals surface area (Å²) < 4.78 is 15.3. The predicted molar refractivity (Wildman–Crippen MR) is 117 cm³/mol.